The first-order chi connectivity index (χ1) is 6.83. The fourth-order valence-corrected chi connectivity index (χ4v) is 1.38. The minimum Gasteiger partial charge on any atom is -0.411 e. The molecule has 4 heteroatoms. The summed E-state index contributed by atoms with van der Waals surface area (Å²) in [6.07, 6.45) is 2.87. The third-order valence-corrected chi connectivity index (χ3v) is 2.03. The largest absolute Gasteiger partial charge is 0.411 e. The minimum absolute atomic E-state index is 0.501. The van der Waals surface area contributed by atoms with E-state index in [0.717, 1.165) is 10.9 Å². The molecule has 0 aliphatic carbocycles. The highest BCUT2D eigenvalue weighted by Crippen LogP contribution is 2.19. The van der Waals surface area contributed by atoms with Gasteiger partial charge in [0.2, 0.25) is 0 Å². The molecule has 0 atom stereocenters. The average molecular weight is 187 g/mol. The number of hydrogen-bond donors (Lipinski definition) is 2. The third kappa shape index (κ3) is 1.26. The molecular weight excluding hydrogens is 178 g/mol. The number of nitrogens with zero attached hydrogens (tertiary/aromatic N) is 2. The lowest BCUT2D eigenvalue weighted by atomic mass is 10.1. The van der Waals surface area contributed by atoms with Crippen LogP contribution in [0.15, 0.2) is 35.6 Å². The van der Waals surface area contributed by atoms with Crippen molar-refractivity contribution in [2.75, 3.05) is 5.73 Å². The first kappa shape index (κ1) is 8.50. The number of fused-ring (bicyclic) bond motifs is 1. The van der Waals surface area contributed by atoms with Gasteiger partial charge in [-0.2, -0.15) is 0 Å². The van der Waals surface area contributed by atoms with Crippen LogP contribution >= 0.6 is 0 Å². The van der Waals surface area contributed by atoms with Gasteiger partial charge in [-0.05, 0) is 6.07 Å². The van der Waals surface area contributed by atoms with E-state index in [9.17, 15) is 0 Å². The summed E-state index contributed by atoms with van der Waals surface area (Å²) in [6.45, 7) is 0. The molecule has 70 valence electrons. The van der Waals surface area contributed by atoms with Crippen LogP contribution in [0, 0.1) is 0 Å². The quantitative estimate of drug-likeness (QED) is 0.405. The number of para-hydroxylation sites is 1. The summed E-state index contributed by atoms with van der Waals surface area (Å²) < 4.78 is 0. The van der Waals surface area contributed by atoms with Crippen LogP contribution in [0.4, 0.5) is 5.69 Å². The predicted molar refractivity (Wildman–Crippen MR) is 55.5 cm³/mol. The molecule has 14 heavy (non-hydrogen) atoms. The van der Waals surface area contributed by atoms with Gasteiger partial charge < -0.3 is 10.9 Å². The van der Waals surface area contributed by atoms with Crippen LogP contribution in [0.2, 0.25) is 0 Å². The van der Waals surface area contributed by atoms with E-state index in [1.165, 1.54) is 6.21 Å². The maximum Gasteiger partial charge on any atom is 0.0761 e. The van der Waals surface area contributed by atoms with Gasteiger partial charge in [-0.3, -0.25) is 4.98 Å². The molecule has 0 saturated carbocycles. The van der Waals surface area contributed by atoms with Crippen LogP contribution in [0.1, 0.15) is 5.56 Å². The second-order valence-electron chi connectivity index (χ2n) is 2.89. The van der Waals surface area contributed by atoms with E-state index < -0.39 is 0 Å². The van der Waals surface area contributed by atoms with Gasteiger partial charge in [-0.1, -0.05) is 23.4 Å². The van der Waals surface area contributed by atoms with E-state index in [1.54, 1.807) is 6.20 Å². The van der Waals surface area contributed by atoms with Crippen molar-refractivity contribution in [2.45, 2.75) is 0 Å². The first-order valence-electron chi connectivity index (χ1n) is 4.13. The fraction of sp³-hybridized carbons (Fsp3) is 0. The smallest absolute Gasteiger partial charge is 0.0761 e. The maximum atomic E-state index is 8.50. The number of oxime groups is 1. The Balaban J connectivity index is 2.82. The van der Waals surface area contributed by atoms with Gasteiger partial charge in [0.05, 0.1) is 23.6 Å². The maximum absolute atomic E-state index is 8.50. The van der Waals surface area contributed by atoms with Crippen LogP contribution in [0.25, 0.3) is 10.9 Å². The van der Waals surface area contributed by atoms with E-state index in [0.29, 0.717) is 11.3 Å². The van der Waals surface area contributed by atoms with Gasteiger partial charge in [0, 0.05) is 10.9 Å². The Labute approximate surface area is 80.7 Å². The zero-order valence-corrected chi connectivity index (χ0v) is 7.38. The highest BCUT2D eigenvalue weighted by molar-refractivity contribution is 6.02. The van der Waals surface area contributed by atoms with E-state index in [4.69, 9.17) is 10.9 Å². The van der Waals surface area contributed by atoms with Crippen LogP contribution in [0.3, 0.4) is 0 Å². The fourth-order valence-electron chi connectivity index (χ4n) is 1.38. The van der Waals surface area contributed by atoms with Crippen molar-refractivity contribution in [3.63, 3.8) is 0 Å². The second-order valence-corrected chi connectivity index (χ2v) is 2.89. The first-order valence-corrected chi connectivity index (χ1v) is 4.13. The molecule has 0 bridgehead atoms. The van der Waals surface area contributed by atoms with Crippen LogP contribution < -0.4 is 5.73 Å². The van der Waals surface area contributed by atoms with Crippen LogP contribution in [0.5, 0.6) is 0 Å². The van der Waals surface area contributed by atoms with E-state index in [1.807, 2.05) is 24.3 Å². The van der Waals surface area contributed by atoms with Gasteiger partial charge in [-0.25, -0.2) is 0 Å². The number of nitrogen functional groups attached to an aromatic ring is 1. The molecule has 4 nitrogen and oxygen atoms in total. The molecule has 0 fully saturated rings. The molecule has 2 rings (SSSR count). The number of rotatable bonds is 1. The Bertz CT molecular complexity index is 494. The molecule has 1 aromatic carbocycles. The molecule has 1 aromatic heterocycles. The molecule has 0 spiro atoms. The topological polar surface area (TPSA) is 71.5 Å². The second kappa shape index (κ2) is 3.33. The molecule has 1 heterocycles. The molecule has 2 aromatic rings. The minimum atomic E-state index is 0.501. The van der Waals surface area contributed by atoms with Gasteiger partial charge in [0.1, 0.15) is 0 Å². The molecular formula is C10H9N3O. The normalized spacial score (nSPS) is 11.1. The summed E-state index contributed by atoms with van der Waals surface area (Å²) in [6, 6.07) is 7.54. The van der Waals surface area contributed by atoms with E-state index in [2.05, 4.69) is 10.1 Å². The molecule has 0 aliphatic rings. The summed E-state index contributed by atoms with van der Waals surface area (Å²) in [5, 5.41) is 12.4. The van der Waals surface area contributed by atoms with Crippen molar-refractivity contribution < 1.29 is 5.21 Å². The molecule has 0 unspecified atom stereocenters. The van der Waals surface area contributed by atoms with Crippen molar-refractivity contribution in [1.82, 2.24) is 4.98 Å². The number of pyridine rings is 1. The predicted octanol–water partition coefficient (Wildman–Crippen LogP) is 1.63. The Morgan fingerprint density at radius 2 is 2.14 bits per heavy atom. The number of nitrogens with two attached hydrogens (primary N) is 1. The van der Waals surface area contributed by atoms with Gasteiger partial charge in [0.25, 0.3) is 0 Å². The van der Waals surface area contributed by atoms with Crippen LogP contribution in [-0.4, -0.2) is 16.4 Å². The summed E-state index contributed by atoms with van der Waals surface area (Å²) >= 11 is 0. The van der Waals surface area contributed by atoms with E-state index >= 15 is 0 Å². The Morgan fingerprint density at radius 1 is 1.36 bits per heavy atom. The zero-order valence-electron chi connectivity index (χ0n) is 7.38. The molecule has 3 N–H and O–H groups in total. The Kier molecular flexibility index (Phi) is 2.02. The SMILES string of the molecule is Nc1cnc2ccccc2c1/C=N/O. The van der Waals surface area contributed by atoms with Gasteiger partial charge in [-0.15, -0.1) is 0 Å². The number of aromatic nitrogens is 1. The third-order valence-electron chi connectivity index (χ3n) is 2.03. The van der Waals surface area contributed by atoms with Crippen molar-refractivity contribution in [1.29, 1.82) is 0 Å². The average Bonchev–Trinajstić information content (AvgIpc) is 2.23. The van der Waals surface area contributed by atoms with E-state index in [-0.39, 0.29) is 0 Å². The Morgan fingerprint density at radius 3 is 2.93 bits per heavy atom. The van der Waals surface area contributed by atoms with Gasteiger partial charge >= 0.3 is 0 Å². The monoisotopic (exact) mass is 187 g/mol. The Hall–Kier alpha value is -2.10. The molecule has 0 radical (unpaired) electrons. The molecule has 0 aliphatic heterocycles. The number of hydrogen-bond acceptors (Lipinski definition) is 4. The number of anilines is 1. The lowest BCUT2D eigenvalue weighted by Gasteiger charge is -2.03. The standard InChI is InChI=1S/C10H9N3O/c11-9-6-12-10-4-2-1-3-7(10)8(9)5-13-14/h1-6,14H,11H2/b13-5+. The van der Waals surface area contributed by atoms with Gasteiger partial charge in [0.15, 0.2) is 0 Å². The van der Waals surface area contributed by atoms with Crippen LogP contribution in [-0.2, 0) is 0 Å². The lowest BCUT2D eigenvalue weighted by Crippen LogP contribution is -1.96. The zero-order chi connectivity index (χ0) is 9.97. The molecule has 0 saturated heterocycles. The molecule has 0 amide bonds. The summed E-state index contributed by atoms with van der Waals surface area (Å²) in [5.74, 6) is 0. The highest BCUT2D eigenvalue weighted by atomic mass is 16.4. The highest BCUT2D eigenvalue weighted by Gasteiger charge is 2.03. The number of benzene rings is 1. The summed E-state index contributed by atoms with van der Waals surface area (Å²) in [5.41, 5.74) is 7.73. The lowest BCUT2D eigenvalue weighted by molar-refractivity contribution is 0.322. The van der Waals surface area contributed by atoms with Crippen molar-refractivity contribution >= 4 is 22.8 Å². The summed E-state index contributed by atoms with van der Waals surface area (Å²) in [7, 11) is 0. The summed E-state index contributed by atoms with van der Waals surface area (Å²) in [4.78, 5) is 4.16. The van der Waals surface area contributed by atoms with Crippen molar-refractivity contribution in [3.05, 3.63) is 36.0 Å². The van der Waals surface area contributed by atoms with Crippen molar-refractivity contribution in [2.24, 2.45) is 5.16 Å². The van der Waals surface area contributed by atoms with Crippen molar-refractivity contribution in [3.8, 4) is 0 Å².